The Hall–Kier alpha value is -0.0800. The molecule has 0 heterocycles. The number of aliphatic hydroxyl groups excluding tert-OH is 1. The molecule has 1 aliphatic carbocycles. The summed E-state index contributed by atoms with van der Waals surface area (Å²) in [5.41, 5.74) is 0. The van der Waals surface area contributed by atoms with Gasteiger partial charge in [0.1, 0.15) is 0 Å². The number of aliphatic hydroxyl groups is 1. The fourth-order valence-electron chi connectivity index (χ4n) is 3.26. The first-order chi connectivity index (χ1) is 8.45. The molecule has 0 amide bonds. The molecular weight excluding hydrogens is 222 g/mol. The van der Waals surface area contributed by atoms with Crippen LogP contribution < -0.4 is 0 Å². The molecule has 2 nitrogen and oxygen atoms in total. The van der Waals surface area contributed by atoms with Crippen LogP contribution >= 0.6 is 0 Å². The molecule has 0 saturated heterocycles. The van der Waals surface area contributed by atoms with Gasteiger partial charge in [-0.3, -0.25) is 0 Å². The largest absolute Gasteiger partial charge is 0.393 e. The monoisotopic (exact) mass is 255 g/mol. The van der Waals surface area contributed by atoms with Gasteiger partial charge in [0.05, 0.1) is 6.10 Å². The summed E-state index contributed by atoms with van der Waals surface area (Å²) >= 11 is 0. The lowest BCUT2D eigenvalue weighted by Gasteiger charge is -2.38. The van der Waals surface area contributed by atoms with E-state index in [2.05, 4.69) is 39.6 Å². The Labute approximate surface area is 114 Å². The Morgan fingerprint density at radius 3 is 2.44 bits per heavy atom. The van der Waals surface area contributed by atoms with Gasteiger partial charge in [-0.25, -0.2) is 0 Å². The fourth-order valence-corrected chi connectivity index (χ4v) is 3.26. The minimum atomic E-state index is -0.0695. The van der Waals surface area contributed by atoms with Gasteiger partial charge in [0.25, 0.3) is 0 Å². The van der Waals surface area contributed by atoms with Crippen LogP contribution in [-0.4, -0.2) is 35.7 Å². The molecule has 4 unspecified atom stereocenters. The highest BCUT2D eigenvalue weighted by Crippen LogP contribution is 2.33. The van der Waals surface area contributed by atoms with Crippen molar-refractivity contribution in [1.82, 2.24) is 4.90 Å². The van der Waals surface area contributed by atoms with Crippen LogP contribution in [0.1, 0.15) is 59.8 Å². The molecular formula is C16H33NO. The second-order valence-corrected chi connectivity index (χ2v) is 6.72. The van der Waals surface area contributed by atoms with Crippen molar-refractivity contribution in [1.29, 1.82) is 0 Å². The third kappa shape index (κ3) is 4.55. The minimum absolute atomic E-state index is 0.0695. The first-order valence-corrected chi connectivity index (χ1v) is 7.84. The van der Waals surface area contributed by atoms with E-state index in [1.54, 1.807) is 0 Å². The molecule has 0 radical (unpaired) electrons. The lowest BCUT2D eigenvalue weighted by Crippen LogP contribution is -2.42. The van der Waals surface area contributed by atoms with Crippen LogP contribution in [0.5, 0.6) is 0 Å². The van der Waals surface area contributed by atoms with Gasteiger partial charge >= 0.3 is 0 Å². The van der Waals surface area contributed by atoms with Crippen LogP contribution in [-0.2, 0) is 0 Å². The minimum Gasteiger partial charge on any atom is -0.393 e. The Morgan fingerprint density at radius 1 is 1.22 bits per heavy atom. The molecule has 2 heteroatoms. The van der Waals surface area contributed by atoms with Gasteiger partial charge in [-0.1, -0.05) is 33.6 Å². The van der Waals surface area contributed by atoms with Crippen LogP contribution in [0.15, 0.2) is 0 Å². The van der Waals surface area contributed by atoms with Crippen LogP contribution in [0.3, 0.4) is 0 Å². The lowest BCUT2D eigenvalue weighted by atomic mass is 9.77. The van der Waals surface area contributed by atoms with Gasteiger partial charge < -0.3 is 10.0 Å². The Kier molecular flexibility index (Phi) is 6.65. The van der Waals surface area contributed by atoms with Crippen LogP contribution in [0.4, 0.5) is 0 Å². The molecule has 18 heavy (non-hydrogen) atoms. The van der Waals surface area contributed by atoms with Crippen molar-refractivity contribution in [3.63, 3.8) is 0 Å². The van der Waals surface area contributed by atoms with Crippen molar-refractivity contribution in [2.24, 2.45) is 17.8 Å². The Bertz CT molecular complexity index is 229. The van der Waals surface area contributed by atoms with Gasteiger partial charge in [-0.2, -0.15) is 0 Å². The van der Waals surface area contributed by atoms with Crippen molar-refractivity contribution in [3.8, 4) is 0 Å². The van der Waals surface area contributed by atoms with E-state index in [1.165, 1.54) is 25.7 Å². The SMILES string of the molecule is CCCC1CCC(O)C(CN(C)C(C)C(C)C)C1. The summed E-state index contributed by atoms with van der Waals surface area (Å²) in [5.74, 6) is 2.02. The number of nitrogens with zero attached hydrogens (tertiary/aromatic N) is 1. The van der Waals surface area contributed by atoms with Gasteiger partial charge in [-0.05, 0) is 51.0 Å². The molecule has 4 atom stereocenters. The van der Waals surface area contributed by atoms with Crippen molar-refractivity contribution in [3.05, 3.63) is 0 Å². The second-order valence-electron chi connectivity index (χ2n) is 6.72. The maximum absolute atomic E-state index is 10.2. The summed E-state index contributed by atoms with van der Waals surface area (Å²) in [6.45, 7) is 10.2. The number of hydrogen-bond donors (Lipinski definition) is 1. The fraction of sp³-hybridized carbons (Fsp3) is 1.00. The van der Waals surface area contributed by atoms with E-state index >= 15 is 0 Å². The molecule has 1 fully saturated rings. The maximum atomic E-state index is 10.2. The van der Waals surface area contributed by atoms with Gasteiger partial charge in [0.2, 0.25) is 0 Å². The highest BCUT2D eigenvalue weighted by Gasteiger charge is 2.30. The van der Waals surface area contributed by atoms with E-state index in [0.717, 1.165) is 18.9 Å². The number of hydrogen-bond acceptors (Lipinski definition) is 2. The van der Waals surface area contributed by atoms with Gasteiger partial charge in [-0.15, -0.1) is 0 Å². The third-order valence-electron chi connectivity index (χ3n) is 4.93. The Morgan fingerprint density at radius 2 is 1.89 bits per heavy atom. The predicted octanol–water partition coefficient (Wildman–Crippen LogP) is 3.54. The number of rotatable bonds is 6. The molecule has 0 aromatic carbocycles. The van der Waals surface area contributed by atoms with E-state index in [0.29, 0.717) is 17.9 Å². The normalized spacial score (nSPS) is 31.0. The highest BCUT2D eigenvalue weighted by molar-refractivity contribution is 4.82. The quantitative estimate of drug-likeness (QED) is 0.784. The van der Waals surface area contributed by atoms with E-state index in [9.17, 15) is 5.11 Å². The first-order valence-electron chi connectivity index (χ1n) is 7.84. The summed E-state index contributed by atoms with van der Waals surface area (Å²) in [7, 11) is 2.21. The van der Waals surface area contributed by atoms with Crippen LogP contribution in [0, 0.1) is 17.8 Å². The molecule has 0 aromatic heterocycles. The predicted molar refractivity (Wildman–Crippen MR) is 78.7 cm³/mol. The van der Waals surface area contributed by atoms with Crippen LogP contribution in [0.25, 0.3) is 0 Å². The van der Waals surface area contributed by atoms with Crippen LogP contribution in [0.2, 0.25) is 0 Å². The first kappa shape index (κ1) is 16.0. The standard InChI is InChI=1S/C16H33NO/c1-6-7-14-8-9-16(18)15(10-14)11-17(5)13(4)12(2)3/h12-16,18H,6-11H2,1-5H3. The van der Waals surface area contributed by atoms with Crippen molar-refractivity contribution < 1.29 is 5.11 Å². The van der Waals surface area contributed by atoms with Crippen molar-refractivity contribution >= 4 is 0 Å². The molecule has 1 N–H and O–H groups in total. The summed E-state index contributed by atoms with van der Waals surface area (Å²) in [4.78, 5) is 2.44. The Balaban J connectivity index is 2.47. The summed E-state index contributed by atoms with van der Waals surface area (Å²) in [6, 6.07) is 0.601. The second kappa shape index (κ2) is 7.49. The zero-order chi connectivity index (χ0) is 13.7. The van der Waals surface area contributed by atoms with E-state index < -0.39 is 0 Å². The molecule has 108 valence electrons. The van der Waals surface area contributed by atoms with Crippen molar-refractivity contribution in [2.45, 2.75) is 71.9 Å². The smallest absolute Gasteiger partial charge is 0.0580 e. The zero-order valence-corrected chi connectivity index (χ0v) is 13.0. The lowest BCUT2D eigenvalue weighted by molar-refractivity contribution is 0.0208. The molecule has 0 aliphatic heterocycles. The van der Waals surface area contributed by atoms with Gasteiger partial charge in [0, 0.05) is 12.6 Å². The van der Waals surface area contributed by atoms with E-state index in [-0.39, 0.29) is 6.10 Å². The topological polar surface area (TPSA) is 23.5 Å². The highest BCUT2D eigenvalue weighted by atomic mass is 16.3. The zero-order valence-electron chi connectivity index (χ0n) is 13.0. The maximum Gasteiger partial charge on any atom is 0.0580 e. The van der Waals surface area contributed by atoms with Crippen molar-refractivity contribution in [2.75, 3.05) is 13.6 Å². The molecule has 0 aromatic rings. The third-order valence-corrected chi connectivity index (χ3v) is 4.93. The van der Waals surface area contributed by atoms with Gasteiger partial charge in [0.15, 0.2) is 0 Å². The average Bonchev–Trinajstić information content (AvgIpc) is 2.32. The van der Waals surface area contributed by atoms with E-state index in [1.807, 2.05) is 0 Å². The molecule has 1 rings (SSSR count). The average molecular weight is 255 g/mol. The summed E-state index contributed by atoms with van der Waals surface area (Å²) < 4.78 is 0. The summed E-state index contributed by atoms with van der Waals surface area (Å²) in [5, 5.41) is 10.2. The summed E-state index contributed by atoms with van der Waals surface area (Å²) in [6.07, 6.45) is 6.02. The molecule has 1 saturated carbocycles. The van der Waals surface area contributed by atoms with E-state index in [4.69, 9.17) is 0 Å². The molecule has 0 spiro atoms. The molecule has 0 bridgehead atoms. The molecule has 1 aliphatic rings.